The third-order valence-electron chi connectivity index (χ3n) is 4.20. The van der Waals surface area contributed by atoms with Crippen LogP contribution in [0.4, 0.5) is 5.82 Å². The molecule has 1 unspecified atom stereocenters. The first-order chi connectivity index (χ1) is 9.72. The quantitative estimate of drug-likeness (QED) is 0.896. The Balaban J connectivity index is 1.63. The smallest absolute Gasteiger partial charge is 0.151 e. The molecule has 2 fully saturated rings. The lowest BCUT2D eigenvalue weighted by Crippen LogP contribution is -2.38. The molecule has 1 aliphatic heterocycles. The van der Waals surface area contributed by atoms with Crippen LogP contribution < -0.4 is 10.2 Å². The van der Waals surface area contributed by atoms with Gasteiger partial charge < -0.3 is 15.1 Å². The Hall–Kier alpha value is -1.20. The van der Waals surface area contributed by atoms with E-state index >= 15 is 0 Å². The summed E-state index contributed by atoms with van der Waals surface area (Å²) in [4.78, 5) is 4.78. The molecule has 1 N–H and O–H groups in total. The molecule has 110 valence electrons. The van der Waals surface area contributed by atoms with E-state index in [2.05, 4.69) is 51.4 Å². The van der Waals surface area contributed by atoms with Crippen molar-refractivity contribution in [2.75, 3.05) is 31.6 Å². The number of nitrogens with zero attached hydrogens (tertiary/aromatic N) is 4. The van der Waals surface area contributed by atoms with Gasteiger partial charge in [0.25, 0.3) is 0 Å². The molecule has 1 atom stereocenters. The van der Waals surface area contributed by atoms with Crippen LogP contribution in [0.2, 0.25) is 0 Å². The van der Waals surface area contributed by atoms with Crippen molar-refractivity contribution in [3.8, 4) is 0 Å². The highest BCUT2D eigenvalue weighted by Gasteiger charge is 2.22. The van der Waals surface area contributed by atoms with Crippen LogP contribution in [0.5, 0.6) is 0 Å². The zero-order valence-electron chi connectivity index (χ0n) is 12.5. The van der Waals surface area contributed by atoms with Crippen LogP contribution in [-0.4, -0.2) is 53.9 Å². The Labute approximate surface area is 121 Å². The van der Waals surface area contributed by atoms with E-state index in [0.29, 0.717) is 6.04 Å². The van der Waals surface area contributed by atoms with Crippen molar-refractivity contribution in [1.29, 1.82) is 0 Å². The summed E-state index contributed by atoms with van der Waals surface area (Å²) in [6.07, 6.45) is 3.81. The number of hydrogen-bond acceptors (Lipinski definition) is 5. The van der Waals surface area contributed by atoms with Gasteiger partial charge in [0, 0.05) is 31.7 Å². The molecule has 20 heavy (non-hydrogen) atoms. The SMILES string of the molecule is CC1CN(C)CCCN1c1ccc(CNC2CC2)nn1. The molecule has 2 aliphatic rings. The molecule has 1 saturated carbocycles. The van der Waals surface area contributed by atoms with E-state index in [9.17, 15) is 0 Å². The molecule has 0 spiro atoms. The zero-order chi connectivity index (χ0) is 13.9. The Morgan fingerprint density at radius 2 is 2.10 bits per heavy atom. The Bertz CT molecular complexity index is 428. The second-order valence-electron chi connectivity index (χ2n) is 6.20. The lowest BCUT2D eigenvalue weighted by atomic mass is 10.2. The van der Waals surface area contributed by atoms with Crippen molar-refractivity contribution in [2.24, 2.45) is 0 Å². The normalized spacial score (nSPS) is 24.7. The molecule has 0 radical (unpaired) electrons. The fourth-order valence-electron chi connectivity index (χ4n) is 2.85. The molecule has 1 saturated heterocycles. The summed E-state index contributed by atoms with van der Waals surface area (Å²) in [5.74, 6) is 1.02. The van der Waals surface area contributed by atoms with Crippen molar-refractivity contribution < 1.29 is 0 Å². The highest BCUT2D eigenvalue weighted by Crippen LogP contribution is 2.20. The van der Waals surface area contributed by atoms with Crippen molar-refractivity contribution in [3.63, 3.8) is 0 Å². The van der Waals surface area contributed by atoms with Crippen molar-refractivity contribution >= 4 is 5.82 Å². The summed E-state index contributed by atoms with van der Waals surface area (Å²) in [6.45, 7) is 6.44. The van der Waals surface area contributed by atoms with Crippen LogP contribution in [0.15, 0.2) is 12.1 Å². The number of likely N-dealkylation sites (N-methyl/N-ethyl adjacent to an activating group) is 1. The monoisotopic (exact) mass is 275 g/mol. The average molecular weight is 275 g/mol. The molecule has 0 bridgehead atoms. The van der Waals surface area contributed by atoms with Gasteiger partial charge in [-0.05, 0) is 51.9 Å². The Morgan fingerprint density at radius 3 is 2.80 bits per heavy atom. The molecular formula is C15H25N5. The van der Waals surface area contributed by atoms with Gasteiger partial charge in [-0.2, -0.15) is 5.10 Å². The molecule has 3 rings (SSSR count). The van der Waals surface area contributed by atoms with E-state index in [1.54, 1.807) is 0 Å². The molecule has 2 heterocycles. The predicted octanol–water partition coefficient (Wildman–Crippen LogP) is 1.26. The maximum absolute atomic E-state index is 4.44. The van der Waals surface area contributed by atoms with Gasteiger partial charge in [0.1, 0.15) is 0 Å². The predicted molar refractivity (Wildman–Crippen MR) is 80.8 cm³/mol. The first-order valence-electron chi connectivity index (χ1n) is 7.73. The van der Waals surface area contributed by atoms with E-state index in [4.69, 9.17) is 0 Å². The minimum atomic E-state index is 0.493. The van der Waals surface area contributed by atoms with Crippen LogP contribution in [0, 0.1) is 0 Å². The lowest BCUT2D eigenvalue weighted by molar-refractivity contribution is 0.337. The molecule has 5 nitrogen and oxygen atoms in total. The fraction of sp³-hybridized carbons (Fsp3) is 0.733. The topological polar surface area (TPSA) is 44.3 Å². The Kier molecular flexibility index (Phi) is 4.17. The van der Waals surface area contributed by atoms with Crippen molar-refractivity contribution in [3.05, 3.63) is 17.8 Å². The van der Waals surface area contributed by atoms with Gasteiger partial charge in [0.15, 0.2) is 5.82 Å². The molecule has 1 aliphatic carbocycles. The maximum atomic E-state index is 4.44. The van der Waals surface area contributed by atoms with Gasteiger partial charge in [0.05, 0.1) is 5.69 Å². The largest absolute Gasteiger partial charge is 0.351 e. The molecule has 1 aromatic rings. The van der Waals surface area contributed by atoms with Crippen molar-refractivity contribution in [2.45, 2.75) is 44.8 Å². The van der Waals surface area contributed by atoms with Gasteiger partial charge in [-0.15, -0.1) is 5.10 Å². The van der Waals surface area contributed by atoms with Gasteiger partial charge in [-0.25, -0.2) is 0 Å². The van der Waals surface area contributed by atoms with Crippen LogP contribution in [0.25, 0.3) is 0 Å². The first kappa shape index (κ1) is 13.8. The number of nitrogens with one attached hydrogen (secondary N) is 1. The lowest BCUT2D eigenvalue weighted by Gasteiger charge is -2.28. The highest BCUT2D eigenvalue weighted by atomic mass is 15.3. The average Bonchev–Trinajstić information content (AvgIpc) is 3.26. The van der Waals surface area contributed by atoms with E-state index in [1.807, 2.05) is 0 Å². The molecule has 0 aromatic carbocycles. The van der Waals surface area contributed by atoms with E-state index in [1.165, 1.54) is 19.3 Å². The first-order valence-corrected chi connectivity index (χ1v) is 7.73. The van der Waals surface area contributed by atoms with Crippen LogP contribution in [-0.2, 0) is 6.54 Å². The minimum Gasteiger partial charge on any atom is -0.351 e. The van der Waals surface area contributed by atoms with Crippen LogP contribution in [0.1, 0.15) is 31.9 Å². The zero-order valence-corrected chi connectivity index (χ0v) is 12.5. The molecule has 5 heteroatoms. The van der Waals surface area contributed by atoms with Gasteiger partial charge >= 0.3 is 0 Å². The van der Waals surface area contributed by atoms with E-state index < -0.39 is 0 Å². The summed E-state index contributed by atoms with van der Waals surface area (Å²) in [5.41, 5.74) is 1.04. The second kappa shape index (κ2) is 6.06. The van der Waals surface area contributed by atoms with Gasteiger partial charge in [-0.1, -0.05) is 0 Å². The van der Waals surface area contributed by atoms with E-state index in [-0.39, 0.29) is 0 Å². The number of hydrogen-bond donors (Lipinski definition) is 1. The maximum Gasteiger partial charge on any atom is 0.151 e. The summed E-state index contributed by atoms with van der Waals surface area (Å²) in [7, 11) is 2.19. The number of aromatic nitrogens is 2. The minimum absolute atomic E-state index is 0.493. The Morgan fingerprint density at radius 1 is 1.25 bits per heavy atom. The third kappa shape index (κ3) is 3.46. The number of anilines is 1. The summed E-state index contributed by atoms with van der Waals surface area (Å²) < 4.78 is 0. The summed E-state index contributed by atoms with van der Waals surface area (Å²) in [5, 5.41) is 12.3. The molecule has 1 aromatic heterocycles. The van der Waals surface area contributed by atoms with Gasteiger partial charge in [-0.3, -0.25) is 0 Å². The fourth-order valence-corrected chi connectivity index (χ4v) is 2.85. The standard InChI is InChI=1S/C15H25N5/c1-12-11-19(2)8-3-9-20(12)15-7-6-14(17-18-15)10-16-13-4-5-13/h6-7,12-13,16H,3-5,8-11H2,1-2H3. The number of rotatable bonds is 4. The van der Waals surface area contributed by atoms with Crippen LogP contribution >= 0.6 is 0 Å². The highest BCUT2D eigenvalue weighted by molar-refractivity contribution is 5.39. The third-order valence-corrected chi connectivity index (χ3v) is 4.20. The van der Waals surface area contributed by atoms with Crippen molar-refractivity contribution in [1.82, 2.24) is 20.4 Å². The molecule has 0 amide bonds. The summed E-state index contributed by atoms with van der Waals surface area (Å²) >= 11 is 0. The summed E-state index contributed by atoms with van der Waals surface area (Å²) in [6, 6.07) is 5.45. The van der Waals surface area contributed by atoms with E-state index in [0.717, 1.165) is 43.7 Å². The second-order valence-corrected chi connectivity index (χ2v) is 6.20. The molecular weight excluding hydrogens is 250 g/mol. The van der Waals surface area contributed by atoms with Gasteiger partial charge in [0.2, 0.25) is 0 Å². The van der Waals surface area contributed by atoms with Crippen LogP contribution in [0.3, 0.4) is 0 Å².